The number of rotatable bonds is 4. The fourth-order valence-electron chi connectivity index (χ4n) is 2.52. The van der Waals surface area contributed by atoms with Crippen LogP contribution in [0.1, 0.15) is 47.8 Å². The fourth-order valence-corrected chi connectivity index (χ4v) is 2.52. The maximum atomic E-state index is 12.1. The van der Waals surface area contributed by atoms with Crippen LogP contribution in [0.15, 0.2) is 42.5 Å². The van der Waals surface area contributed by atoms with Crippen LogP contribution in [0.25, 0.3) is 0 Å². The number of benzene rings is 2. The van der Waals surface area contributed by atoms with Crippen LogP contribution in [0, 0.1) is 13.8 Å². The molecule has 0 spiro atoms. The molecule has 5 heteroatoms. The molecule has 2 N–H and O–H groups in total. The Bertz CT molecular complexity index is 770. The average molecular weight is 354 g/mol. The van der Waals surface area contributed by atoms with Crippen LogP contribution in [-0.4, -0.2) is 18.4 Å². The van der Waals surface area contributed by atoms with E-state index in [0.29, 0.717) is 11.3 Å². The molecule has 138 valence electrons. The predicted molar refractivity (Wildman–Crippen MR) is 102 cm³/mol. The molecule has 2 amide bonds. The van der Waals surface area contributed by atoms with Gasteiger partial charge in [0.1, 0.15) is 5.75 Å². The summed E-state index contributed by atoms with van der Waals surface area (Å²) in [6.07, 6.45) is 0. The van der Waals surface area contributed by atoms with Crippen LogP contribution in [0.4, 0.5) is 0 Å². The van der Waals surface area contributed by atoms with Crippen molar-refractivity contribution in [2.75, 3.05) is 6.61 Å². The third-order valence-electron chi connectivity index (χ3n) is 4.08. The summed E-state index contributed by atoms with van der Waals surface area (Å²) in [5, 5.41) is 0. The van der Waals surface area contributed by atoms with E-state index in [4.69, 9.17) is 4.74 Å². The number of hydrogen-bond donors (Lipinski definition) is 2. The van der Waals surface area contributed by atoms with Crippen molar-refractivity contribution in [3.05, 3.63) is 64.7 Å². The van der Waals surface area contributed by atoms with Gasteiger partial charge in [-0.15, -0.1) is 0 Å². The van der Waals surface area contributed by atoms with Gasteiger partial charge in [-0.2, -0.15) is 0 Å². The zero-order valence-electron chi connectivity index (χ0n) is 16.0. The highest BCUT2D eigenvalue weighted by Crippen LogP contribution is 2.22. The highest BCUT2D eigenvalue weighted by molar-refractivity contribution is 5.95. The normalized spacial score (nSPS) is 11.0. The number of para-hydroxylation sites is 1. The zero-order chi connectivity index (χ0) is 19.3. The summed E-state index contributed by atoms with van der Waals surface area (Å²) >= 11 is 0. The van der Waals surface area contributed by atoms with Crippen molar-refractivity contribution in [1.29, 1.82) is 0 Å². The van der Waals surface area contributed by atoms with Gasteiger partial charge >= 0.3 is 0 Å². The standard InChI is InChI=1S/C21H26N2O3/c1-14-7-6-8-15(2)19(14)26-13-18(24)22-23-20(25)16-9-11-17(12-10-16)21(3,4)5/h6-12H,13H2,1-5H3,(H,22,24)(H,23,25). The lowest BCUT2D eigenvalue weighted by Crippen LogP contribution is -2.43. The van der Waals surface area contributed by atoms with Crippen LogP contribution in [0.5, 0.6) is 5.75 Å². The van der Waals surface area contributed by atoms with E-state index in [0.717, 1.165) is 16.7 Å². The van der Waals surface area contributed by atoms with Gasteiger partial charge in [-0.05, 0) is 48.1 Å². The number of aryl methyl sites for hydroxylation is 2. The molecule has 0 aliphatic rings. The van der Waals surface area contributed by atoms with E-state index in [2.05, 4.69) is 31.6 Å². The molecule has 2 aromatic rings. The van der Waals surface area contributed by atoms with Crippen LogP contribution in [0.3, 0.4) is 0 Å². The molecule has 0 radical (unpaired) electrons. The van der Waals surface area contributed by atoms with Gasteiger partial charge in [0, 0.05) is 5.56 Å². The first-order valence-corrected chi connectivity index (χ1v) is 8.57. The van der Waals surface area contributed by atoms with Crippen molar-refractivity contribution in [3.63, 3.8) is 0 Å². The maximum absolute atomic E-state index is 12.1. The summed E-state index contributed by atoms with van der Waals surface area (Å²) in [4.78, 5) is 24.0. The third-order valence-corrected chi connectivity index (χ3v) is 4.08. The Labute approximate surface area is 154 Å². The molecular formula is C21H26N2O3. The summed E-state index contributed by atoms with van der Waals surface area (Å²) in [5.41, 5.74) is 8.34. The molecule has 0 saturated heterocycles. The molecule has 0 atom stereocenters. The van der Waals surface area contributed by atoms with Crippen molar-refractivity contribution < 1.29 is 14.3 Å². The first kappa shape index (κ1) is 19.5. The minimum Gasteiger partial charge on any atom is -0.483 e. The fraction of sp³-hybridized carbons (Fsp3) is 0.333. The molecule has 0 unspecified atom stereocenters. The topological polar surface area (TPSA) is 67.4 Å². The van der Waals surface area contributed by atoms with E-state index in [9.17, 15) is 9.59 Å². The Balaban J connectivity index is 1.86. The smallest absolute Gasteiger partial charge is 0.276 e. The molecule has 2 aromatic carbocycles. The molecule has 2 rings (SSSR count). The van der Waals surface area contributed by atoms with Gasteiger partial charge in [0.25, 0.3) is 11.8 Å². The largest absolute Gasteiger partial charge is 0.483 e. The first-order chi connectivity index (χ1) is 12.2. The highest BCUT2D eigenvalue weighted by atomic mass is 16.5. The molecule has 0 aliphatic heterocycles. The maximum Gasteiger partial charge on any atom is 0.276 e. The molecule has 0 heterocycles. The molecule has 0 fully saturated rings. The molecular weight excluding hydrogens is 328 g/mol. The van der Waals surface area contributed by atoms with Crippen LogP contribution in [-0.2, 0) is 10.2 Å². The van der Waals surface area contributed by atoms with Gasteiger partial charge in [0.15, 0.2) is 6.61 Å². The van der Waals surface area contributed by atoms with Crippen molar-refractivity contribution >= 4 is 11.8 Å². The lowest BCUT2D eigenvalue weighted by atomic mass is 9.87. The summed E-state index contributed by atoms with van der Waals surface area (Å²) in [6.45, 7) is 10.00. The summed E-state index contributed by atoms with van der Waals surface area (Å²) in [5.74, 6) is -0.107. The number of hydrogen-bond acceptors (Lipinski definition) is 3. The van der Waals surface area contributed by atoms with Gasteiger partial charge in [-0.3, -0.25) is 20.4 Å². The van der Waals surface area contributed by atoms with E-state index in [1.807, 2.05) is 44.2 Å². The number of nitrogens with one attached hydrogen (secondary N) is 2. The summed E-state index contributed by atoms with van der Waals surface area (Å²) in [7, 11) is 0. The number of ether oxygens (including phenoxy) is 1. The number of carbonyl (C=O) groups is 2. The minimum atomic E-state index is -0.424. The number of hydrazine groups is 1. The zero-order valence-corrected chi connectivity index (χ0v) is 16.0. The van der Waals surface area contributed by atoms with E-state index < -0.39 is 5.91 Å². The SMILES string of the molecule is Cc1cccc(C)c1OCC(=O)NNC(=O)c1ccc(C(C)(C)C)cc1. The number of amides is 2. The van der Waals surface area contributed by atoms with E-state index in [1.54, 1.807) is 12.1 Å². The lowest BCUT2D eigenvalue weighted by molar-refractivity contribution is -0.123. The first-order valence-electron chi connectivity index (χ1n) is 8.57. The van der Waals surface area contributed by atoms with Crippen molar-refractivity contribution in [2.24, 2.45) is 0 Å². The molecule has 26 heavy (non-hydrogen) atoms. The van der Waals surface area contributed by atoms with Gasteiger partial charge in [-0.1, -0.05) is 51.1 Å². The molecule has 0 aliphatic carbocycles. The third kappa shape index (κ3) is 5.09. The van der Waals surface area contributed by atoms with Crippen molar-refractivity contribution in [1.82, 2.24) is 10.9 Å². The molecule has 5 nitrogen and oxygen atoms in total. The van der Waals surface area contributed by atoms with E-state index in [1.165, 1.54) is 0 Å². The monoisotopic (exact) mass is 354 g/mol. The van der Waals surface area contributed by atoms with Crippen LogP contribution < -0.4 is 15.6 Å². The Morgan fingerprint density at radius 3 is 2.04 bits per heavy atom. The highest BCUT2D eigenvalue weighted by Gasteiger charge is 2.14. The second-order valence-corrected chi connectivity index (χ2v) is 7.34. The number of carbonyl (C=O) groups excluding carboxylic acids is 2. The summed E-state index contributed by atoms with van der Waals surface area (Å²) < 4.78 is 5.56. The molecule has 0 aromatic heterocycles. The van der Waals surface area contributed by atoms with Crippen molar-refractivity contribution in [3.8, 4) is 5.75 Å². The van der Waals surface area contributed by atoms with E-state index in [-0.39, 0.29) is 17.9 Å². The van der Waals surface area contributed by atoms with Crippen molar-refractivity contribution in [2.45, 2.75) is 40.0 Å². The molecule has 0 bridgehead atoms. The van der Waals surface area contributed by atoms with E-state index >= 15 is 0 Å². The van der Waals surface area contributed by atoms with Gasteiger partial charge in [0.2, 0.25) is 0 Å². The molecule has 0 saturated carbocycles. The van der Waals surface area contributed by atoms with Gasteiger partial charge < -0.3 is 4.74 Å². The average Bonchev–Trinajstić information content (AvgIpc) is 2.58. The Morgan fingerprint density at radius 2 is 1.50 bits per heavy atom. The Kier molecular flexibility index (Phi) is 6.03. The van der Waals surface area contributed by atoms with Crippen LogP contribution in [0.2, 0.25) is 0 Å². The quantitative estimate of drug-likeness (QED) is 0.827. The van der Waals surface area contributed by atoms with Gasteiger partial charge in [0.05, 0.1) is 0 Å². The second-order valence-electron chi connectivity index (χ2n) is 7.34. The second kappa shape index (κ2) is 8.04. The van der Waals surface area contributed by atoms with Crippen LogP contribution >= 0.6 is 0 Å². The Hall–Kier alpha value is -2.82. The Morgan fingerprint density at radius 1 is 0.923 bits per heavy atom. The predicted octanol–water partition coefficient (Wildman–Crippen LogP) is 3.44. The van der Waals surface area contributed by atoms with Gasteiger partial charge in [-0.25, -0.2) is 0 Å². The summed E-state index contributed by atoms with van der Waals surface area (Å²) in [6, 6.07) is 13.1. The lowest BCUT2D eigenvalue weighted by Gasteiger charge is -2.19. The minimum absolute atomic E-state index is 0.0221.